The van der Waals surface area contributed by atoms with E-state index < -0.39 is 15.8 Å². The Morgan fingerprint density at radius 1 is 1.33 bits per heavy atom. The highest BCUT2D eigenvalue weighted by Crippen LogP contribution is 2.20. The Balaban J connectivity index is 2.76. The molecule has 102 valence electrons. The molecular weight excluding hydrogens is 261 g/mol. The molecule has 0 amide bonds. The molecule has 0 saturated carbocycles. The number of sulfonamides is 1. The highest BCUT2D eigenvalue weighted by atomic mass is 32.2. The van der Waals surface area contributed by atoms with Crippen molar-refractivity contribution in [1.29, 1.82) is 0 Å². The van der Waals surface area contributed by atoms with Gasteiger partial charge in [-0.2, -0.15) is 0 Å². The van der Waals surface area contributed by atoms with Crippen LogP contribution in [0.2, 0.25) is 0 Å². The minimum absolute atomic E-state index is 0.00772. The van der Waals surface area contributed by atoms with Crippen molar-refractivity contribution in [2.45, 2.75) is 11.3 Å². The SMILES string of the molecule is COCCCNS(=O)(=O)c1ccc(OC)c(F)c1. The van der Waals surface area contributed by atoms with E-state index in [0.29, 0.717) is 13.0 Å². The molecule has 5 nitrogen and oxygen atoms in total. The lowest BCUT2D eigenvalue weighted by atomic mass is 10.3. The molecule has 0 fully saturated rings. The van der Waals surface area contributed by atoms with Gasteiger partial charge in [-0.05, 0) is 24.6 Å². The van der Waals surface area contributed by atoms with Gasteiger partial charge >= 0.3 is 0 Å². The van der Waals surface area contributed by atoms with Crippen LogP contribution in [-0.2, 0) is 14.8 Å². The van der Waals surface area contributed by atoms with Crippen LogP contribution in [0.1, 0.15) is 6.42 Å². The van der Waals surface area contributed by atoms with Crippen molar-refractivity contribution in [2.75, 3.05) is 27.4 Å². The lowest BCUT2D eigenvalue weighted by Crippen LogP contribution is -2.25. The lowest BCUT2D eigenvalue weighted by molar-refractivity contribution is 0.196. The third-order valence-electron chi connectivity index (χ3n) is 2.25. The number of hydrogen-bond donors (Lipinski definition) is 1. The average Bonchev–Trinajstić information content (AvgIpc) is 2.34. The maximum atomic E-state index is 13.4. The van der Waals surface area contributed by atoms with Crippen LogP contribution in [0.15, 0.2) is 23.1 Å². The predicted octanol–water partition coefficient (Wildman–Crippen LogP) is 1.15. The number of halogens is 1. The van der Waals surface area contributed by atoms with Crippen molar-refractivity contribution in [3.8, 4) is 5.75 Å². The topological polar surface area (TPSA) is 64.6 Å². The van der Waals surface area contributed by atoms with Gasteiger partial charge in [0.05, 0.1) is 12.0 Å². The third kappa shape index (κ3) is 3.94. The van der Waals surface area contributed by atoms with Crippen LogP contribution in [0.25, 0.3) is 0 Å². The van der Waals surface area contributed by atoms with Gasteiger partial charge in [-0.1, -0.05) is 0 Å². The number of methoxy groups -OCH3 is 2. The first-order valence-corrected chi connectivity index (χ1v) is 6.81. The number of rotatable bonds is 7. The van der Waals surface area contributed by atoms with Crippen molar-refractivity contribution >= 4 is 10.0 Å². The highest BCUT2D eigenvalue weighted by molar-refractivity contribution is 7.89. The summed E-state index contributed by atoms with van der Waals surface area (Å²) in [7, 11) is -0.839. The minimum Gasteiger partial charge on any atom is -0.494 e. The minimum atomic E-state index is -3.69. The second-order valence-electron chi connectivity index (χ2n) is 3.54. The van der Waals surface area contributed by atoms with E-state index >= 15 is 0 Å². The first-order chi connectivity index (χ1) is 8.51. The molecule has 0 aliphatic rings. The van der Waals surface area contributed by atoms with Gasteiger partial charge in [-0.3, -0.25) is 0 Å². The lowest BCUT2D eigenvalue weighted by Gasteiger charge is -2.08. The molecule has 0 heterocycles. The summed E-state index contributed by atoms with van der Waals surface area (Å²) in [6, 6.07) is 3.50. The standard InChI is InChI=1S/C11H16FNO4S/c1-16-7-3-6-13-18(14,15)9-4-5-11(17-2)10(12)8-9/h4-5,8,13H,3,6-7H2,1-2H3. The molecule has 0 bridgehead atoms. The molecule has 1 N–H and O–H groups in total. The molecule has 1 aromatic carbocycles. The fourth-order valence-electron chi connectivity index (χ4n) is 1.32. The van der Waals surface area contributed by atoms with Gasteiger partial charge in [-0.25, -0.2) is 17.5 Å². The summed E-state index contributed by atoms with van der Waals surface area (Å²) in [5.74, 6) is -0.703. The van der Waals surface area contributed by atoms with Gasteiger partial charge in [0.1, 0.15) is 0 Å². The maximum Gasteiger partial charge on any atom is 0.240 e. The van der Waals surface area contributed by atoms with Gasteiger partial charge in [0, 0.05) is 20.3 Å². The molecule has 0 saturated heterocycles. The van der Waals surface area contributed by atoms with Crippen LogP contribution < -0.4 is 9.46 Å². The van der Waals surface area contributed by atoms with E-state index in [-0.39, 0.29) is 17.2 Å². The Morgan fingerprint density at radius 3 is 2.61 bits per heavy atom. The van der Waals surface area contributed by atoms with Gasteiger partial charge in [-0.15, -0.1) is 0 Å². The van der Waals surface area contributed by atoms with Crippen LogP contribution in [0.5, 0.6) is 5.75 Å². The van der Waals surface area contributed by atoms with Crippen LogP contribution in [0, 0.1) is 5.82 Å². The molecule has 0 radical (unpaired) electrons. The number of benzene rings is 1. The third-order valence-corrected chi connectivity index (χ3v) is 3.71. The van der Waals surface area contributed by atoms with Gasteiger partial charge in [0.15, 0.2) is 11.6 Å². The van der Waals surface area contributed by atoms with Crippen molar-refractivity contribution < 1.29 is 22.3 Å². The summed E-state index contributed by atoms with van der Waals surface area (Å²) in [6.07, 6.45) is 0.550. The smallest absolute Gasteiger partial charge is 0.240 e. The summed E-state index contributed by atoms with van der Waals surface area (Å²) in [4.78, 5) is -0.127. The van der Waals surface area contributed by atoms with Crippen LogP contribution in [0.4, 0.5) is 4.39 Å². The molecule has 0 unspecified atom stereocenters. The Hall–Kier alpha value is -1.18. The summed E-state index contributed by atoms with van der Waals surface area (Å²) < 4.78 is 48.8. The van der Waals surface area contributed by atoms with Gasteiger partial charge in [0.2, 0.25) is 10.0 Å². The van der Waals surface area contributed by atoms with Gasteiger partial charge < -0.3 is 9.47 Å². The summed E-state index contributed by atoms with van der Waals surface area (Å²) in [5.41, 5.74) is 0. The molecule has 0 atom stereocenters. The van der Waals surface area contributed by atoms with E-state index in [4.69, 9.17) is 9.47 Å². The number of ether oxygens (including phenoxy) is 2. The number of hydrogen-bond acceptors (Lipinski definition) is 4. The van der Waals surface area contributed by atoms with Crippen molar-refractivity contribution in [3.05, 3.63) is 24.0 Å². The molecule has 7 heteroatoms. The molecule has 0 aliphatic heterocycles. The first-order valence-electron chi connectivity index (χ1n) is 5.33. The van der Waals surface area contributed by atoms with E-state index in [1.54, 1.807) is 0 Å². The van der Waals surface area contributed by atoms with E-state index in [9.17, 15) is 12.8 Å². The Labute approximate surface area is 106 Å². The maximum absolute atomic E-state index is 13.4. The molecule has 1 aromatic rings. The van der Waals surface area contributed by atoms with E-state index in [1.807, 2.05) is 0 Å². The van der Waals surface area contributed by atoms with Crippen LogP contribution in [0.3, 0.4) is 0 Å². The molecular formula is C11H16FNO4S. The van der Waals surface area contributed by atoms with Crippen molar-refractivity contribution in [2.24, 2.45) is 0 Å². The second kappa shape index (κ2) is 6.67. The molecule has 1 rings (SSSR count). The number of nitrogens with one attached hydrogen (secondary N) is 1. The second-order valence-corrected chi connectivity index (χ2v) is 5.31. The fraction of sp³-hybridized carbons (Fsp3) is 0.455. The van der Waals surface area contributed by atoms with E-state index in [0.717, 1.165) is 6.07 Å². The zero-order valence-corrected chi connectivity index (χ0v) is 11.1. The monoisotopic (exact) mass is 277 g/mol. The van der Waals surface area contributed by atoms with E-state index in [2.05, 4.69) is 4.72 Å². The summed E-state index contributed by atoms with van der Waals surface area (Å²) >= 11 is 0. The van der Waals surface area contributed by atoms with E-state index in [1.165, 1.54) is 26.4 Å². The fourth-order valence-corrected chi connectivity index (χ4v) is 2.41. The largest absolute Gasteiger partial charge is 0.494 e. The van der Waals surface area contributed by atoms with Gasteiger partial charge in [0.25, 0.3) is 0 Å². The van der Waals surface area contributed by atoms with Crippen molar-refractivity contribution in [1.82, 2.24) is 4.72 Å². The normalized spacial score (nSPS) is 11.5. The first kappa shape index (κ1) is 14.9. The zero-order chi connectivity index (χ0) is 13.6. The van der Waals surface area contributed by atoms with Crippen LogP contribution in [-0.4, -0.2) is 35.8 Å². The van der Waals surface area contributed by atoms with Crippen molar-refractivity contribution in [3.63, 3.8) is 0 Å². The predicted molar refractivity (Wildman–Crippen MR) is 64.6 cm³/mol. The molecule has 18 heavy (non-hydrogen) atoms. The molecule has 0 aromatic heterocycles. The molecule has 0 spiro atoms. The highest BCUT2D eigenvalue weighted by Gasteiger charge is 2.15. The quantitative estimate of drug-likeness (QED) is 0.759. The Morgan fingerprint density at radius 2 is 2.06 bits per heavy atom. The Bertz CT molecular complexity index is 490. The summed E-state index contributed by atoms with van der Waals surface area (Å²) in [5, 5.41) is 0. The summed E-state index contributed by atoms with van der Waals surface area (Å²) in [6.45, 7) is 0.698. The average molecular weight is 277 g/mol. The Kier molecular flexibility index (Phi) is 5.52. The molecule has 0 aliphatic carbocycles. The van der Waals surface area contributed by atoms with Crippen LogP contribution >= 0.6 is 0 Å². The zero-order valence-electron chi connectivity index (χ0n) is 10.3.